The fraction of sp³-hybridized carbons (Fsp3) is 1.00. The molecule has 2 aliphatic rings. The number of rotatable bonds is 2. The van der Waals surface area contributed by atoms with Gasteiger partial charge in [-0.2, -0.15) is 0 Å². The van der Waals surface area contributed by atoms with E-state index in [4.69, 9.17) is 9.47 Å². The molecular weight excluding hydrogens is 180 g/mol. The fourth-order valence-corrected chi connectivity index (χ4v) is 6.86. The van der Waals surface area contributed by atoms with Crippen molar-refractivity contribution in [1.82, 2.24) is 0 Å². The molecule has 2 nitrogen and oxygen atoms in total. The highest BCUT2D eigenvalue weighted by Gasteiger charge is 2.43. The van der Waals surface area contributed by atoms with Crippen LogP contribution in [0.15, 0.2) is 0 Å². The van der Waals surface area contributed by atoms with E-state index in [9.17, 15) is 0 Å². The van der Waals surface area contributed by atoms with Gasteiger partial charge in [0.05, 0.1) is 0 Å². The van der Waals surface area contributed by atoms with Crippen molar-refractivity contribution in [2.45, 2.75) is 49.6 Å². The summed E-state index contributed by atoms with van der Waals surface area (Å²) in [6, 6.07) is 2.88. The van der Waals surface area contributed by atoms with E-state index in [0.29, 0.717) is 0 Å². The number of ether oxygens (including phenoxy) is 2. The molecule has 1 unspecified atom stereocenters. The Bertz CT molecular complexity index is 160. The highest BCUT2D eigenvalue weighted by molar-refractivity contribution is 6.61. The fourth-order valence-electron chi connectivity index (χ4n) is 2.83. The molecule has 0 aromatic heterocycles. The van der Waals surface area contributed by atoms with Gasteiger partial charge in [0.15, 0.2) is 0 Å². The lowest BCUT2D eigenvalue weighted by Crippen LogP contribution is -2.47. The smallest absolute Gasteiger partial charge is 0.148 e. The largest absolute Gasteiger partial charge is 0.357 e. The second-order valence-electron chi connectivity index (χ2n) is 4.30. The first kappa shape index (κ1) is 9.68. The summed E-state index contributed by atoms with van der Waals surface area (Å²) in [4.78, 5) is 0. The lowest BCUT2D eigenvalue weighted by molar-refractivity contribution is -0.134. The zero-order valence-electron chi connectivity index (χ0n) is 8.55. The molecule has 0 aromatic carbocycles. The number of methoxy groups -OCH3 is 1. The van der Waals surface area contributed by atoms with Crippen LogP contribution in [0.1, 0.15) is 32.1 Å². The van der Waals surface area contributed by atoms with Crippen molar-refractivity contribution >= 4 is 8.80 Å². The van der Waals surface area contributed by atoms with Crippen molar-refractivity contribution in [3.63, 3.8) is 0 Å². The van der Waals surface area contributed by atoms with E-state index in [0.717, 1.165) is 6.61 Å². The summed E-state index contributed by atoms with van der Waals surface area (Å²) in [5.41, 5.74) is -0.0551. The maximum Gasteiger partial charge on any atom is 0.148 e. The molecule has 2 fully saturated rings. The highest BCUT2D eigenvalue weighted by Crippen LogP contribution is 2.36. The van der Waals surface area contributed by atoms with Crippen molar-refractivity contribution in [3.05, 3.63) is 0 Å². The zero-order chi connectivity index (χ0) is 9.15. The van der Waals surface area contributed by atoms with Crippen molar-refractivity contribution in [3.8, 4) is 0 Å². The van der Waals surface area contributed by atoms with Gasteiger partial charge in [0, 0.05) is 13.7 Å². The molecule has 0 aromatic rings. The van der Waals surface area contributed by atoms with E-state index in [1.807, 2.05) is 7.11 Å². The molecule has 2 rings (SSSR count). The minimum absolute atomic E-state index is 0.0551. The van der Waals surface area contributed by atoms with Gasteiger partial charge in [0.2, 0.25) is 0 Å². The second kappa shape index (κ2) is 4.11. The van der Waals surface area contributed by atoms with E-state index < -0.39 is 8.80 Å². The van der Waals surface area contributed by atoms with Gasteiger partial charge in [-0.05, 0) is 12.8 Å². The molecular formula is C10H20O2Si. The van der Waals surface area contributed by atoms with Crippen LogP contribution < -0.4 is 0 Å². The normalized spacial score (nSPS) is 36.7. The van der Waals surface area contributed by atoms with Crippen LogP contribution in [0.2, 0.25) is 12.1 Å². The Labute approximate surface area is 82.2 Å². The van der Waals surface area contributed by atoms with Crippen LogP contribution in [0.25, 0.3) is 0 Å². The van der Waals surface area contributed by atoms with Crippen molar-refractivity contribution in [1.29, 1.82) is 0 Å². The predicted molar refractivity (Wildman–Crippen MR) is 55.5 cm³/mol. The SMILES string of the molecule is COC1([SiH]2CCCCC2)CCCO1. The molecule has 0 spiro atoms. The lowest BCUT2D eigenvalue weighted by Gasteiger charge is -2.36. The number of hydrogen-bond donors (Lipinski definition) is 0. The molecule has 1 atom stereocenters. The van der Waals surface area contributed by atoms with E-state index >= 15 is 0 Å². The Morgan fingerprint density at radius 3 is 2.46 bits per heavy atom. The quantitative estimate of drug-likeness (QED) is 0.636. The molecule has 0 N–H and O–H groups in total. The molecule has 0 amide bonds. The average molecular weight is 200 g/mol. The van der Waals surface area contributed by atoms with Crippen molar-refractivity contribution in [2.75, 3.05) is 13.7 Å². The van der Waals surface area contributed by atoms with Gasteiger partial charge in [0.25, 0.3) is 0 Å². The molecule has 0 saturated carbocycles. The van der Waals surface area contributed by atoms with Gasteiger partial charge in [0.1, 0.15) is 14.2 Å². The van der Waals surface area contributed by atoms with Gasteiger partial charge < -0.3 is 9.47 Å². The van der Waals surface area contributed by atoms with Gasteiger partial charge in [-0.25, -0.2) is 0 Å². The maximum atomic E-state index is 5.87. The topological polar surface area (TPSA) is 18.5 Å². The van der Waals surface area contributed by atoms with Crippen LogP contribution in [0, 0.1) is 0 Å². The van der Waals surface area contributed by atoms with Crippen LogP contribution in [0.3, 0.4) is 0 Å². The first-order valence-electron chi connectivity index (χ1n) is 5.56. The summed E-state index contributed by atoms with van der Waals surface area (Å²) in [5, 5.41) is 0. The van der Waals surface area contributed by atoms with Crippen LogP contribution in [0.4, 0.5) is 0 Å². The Kier molecular flexibility index (Phi) is 3.06. The van der Waals surface area contributed by atoms with Crippen LogP contribution in [-0.2, 0) is 9.47 Å². The molecule has 2 heterocycles. The van der Waals surface area contributed by atoms with E-state index in [1.165, 1.54) is 44.2 Å². The first-order chi connectivity index (χ1) is 6.37. The molecule has 0 bridgehead atoms. The Balaban J connectivity index is 2.01. The summed E-state index contributed by atoms with van der Waals surface area (Å²) in [6.07, 6.45) is 6.65. The lowest BCUT2D eigenvalue weighted by atomic mass is 10.3. The van der Waals surface area contributed by atoms with Crippen LogP contribution >= 0.6 is 0 Å². The van der Waals surface area contributed by atoms with Crippen LogP contribution in [0.5, 0.6) is 0 Å². The first-order valence-corrected chi connectivity index (χ1v) is 7.77. The molecule has 3 heteroatoms. The molecule has 0 aliphatic carbocycles. The number of hydrogen-bond acceptors (Lipinski definition) is 2. The molecule has 0 radical (unpaired) electrons. The monoisotopic (exact) mass is 200 g/mol. The average Bonchev–Trinajstić information content (AvgIpc) is 2.69. The van der Waals surface area contributed by atoms with Gasteiger partial charge in [-0.15, -0.1) is 0 Å². The van der Waals surface area contributed by atoms with Crippen LogP contribution in [-0.4, -0.2) is 27.9 Å². The summed E-state index contributed by atoms with van der Waals surface area (Å²) in [6.45, 7) is 0.928. The summed E-state index contributed by atoms with van der Waals surface area (Å²) >= 11 is 0. The third-order valence-corrected chi connectivity index (χ3v) is 7.73. The molecule has 13 heavy (non-hydrogen) atoms. The molecule has 2 saturated heterocycles. The minimum atomic E-state index is -0.759. The van der Waals surface area contributed by atoms with Crippen molar-refractivity contribution in [2.24, 2.45) is 0 Å². The van der Waals surface area contributed by atoms with E-state index in [-0.39, 0.29) is 5.41 Å². The van der Waals surface area contributed by atoms with Gasteiger partial charge in [-0.1, -0.05) is 31.4 Å². The van der Waals surface area contributed by atoms with E-state index in [2.05, 4.69) is 0 Å². The van der Waals surface area contributed by atoms with Gasteiger partial charge >= 0.3 is 0 Å². The summed E-state index contributed by atoms with van der Waals surface area (Å²) in [7, 11) is 1.08. The molecule has 76 valence electrons. The standard InChI is InChI=1S/C10H20O2Si/c1-11-10(6-5-7-12-10)13-8-3-2-4-9-13/h13H,2-9H2,1H3. The molecule has 2 aliphatic heterocycles. The predicted octanol–water partition coefficient (Wildman–Crippen LogP) is 2.09. The highest BCUT2D eigenvalue weighted by atomic mass is 28.3. The third-order valence-electron chi connectivity index (χ3n) is 3.59. The Morgan fingerprint density at radius 2 is 1.92 bits per heavy atom. The summed E-state index contributed by atoms with van der Waals surface area (Å²) in [5.74, 6) is 0. The van der Waals surface area contributed by atoms with Crippen molar-refractivity contribution < 1.29 is 9.47 Å². The van der Waals surface area contributed by atoms with E-state index in [1.54, 1.807) is 0 Å². The Morgan fingerprint density at radius 1 is 1.15 bits per heavy atom. The zero-order valence-corrected chi connectivity index (χ0v) is 9.71. The maximum absolute atomic E-state index is 5.87. The second-order valence-corrected chi connectivity index (χ2v) is 7.73. The summed E-state index contributed by atoms with van der Waals surface area (Å²) < 4.78 is 11.5. The van der Waals surface area contributed by atoms with Gasteiger partial charge in [-0.3, -0.25) is 0 Å². The third kappa shape index (κ3) is 1.83. The Hall–Kier alpha value is 0.137. The minimum Gasteiger partial charge on any atom is -0.357 e.